The van der Waals surface area contributed by atoms with E-state index in [4.69, 9.17) is 0 Å². The van der Waals surface area contributed by atoms with Gasteiger partial charge in [0.1, 0.15) is 0 Å². The highest BCUT2D eigenvalue weighted by Gasteiger charge is 1.95. The van der Waals surface area contributed by atoms with Crippen LogP contribution in [0.3, 0.4) is 0 Å². The van der Waals surface area contributed by atoms with Crippen molar-refractivity contribution in [1.82, 2.24) is 0 Å². The van der Waals surface area contributed by atoms with Crippen LogP contribution in [0.2, 0.25) is 0 Å². The first-order chi connectivity index (χ1) is 13.4. The standard InChI is InChI=1S/C27H52/c1-3-5-7-9-11-13-15-17-19-21-23-25-27-26-24-22-20-18-16-14-12-10-8-6-4-2/h3-7,9,11-27H2,1-2H3. The van der Waals surface area contributed by atoms with E-state index >= 15 is 0 Å². The van der Waals surface area contributed by atoms with Crippen molar-refractivity contribution in [3.63, 3.8) is 0 Å². The highest BCUT2D eigenvalue weighted by molar-refractivity contribution is 4.98. The maximum atomic E-state index is 3.30. The Morgan fingerprint density at radius 2 is 0.593 bits per heavy atom. The average Bonchev–Trinajstić information content (AvgIpc) is 2.68. The largest absolute Gasteiger partial charge is 0.103 e. The van der Waals surface area contributed by atoms with Crippen LogP contribution < -0.4 is 0 Å². The highest BCUT2D eigenvalue weighted by atomic mass is 14.0. The lowest BCUT2D eigenvalue weighted by molar-refractivity contribution is 0.522. The van der Waals surface area contributed by atoms with Crippen molar-refractivity contribution in [2.75, 3.05) is 0 Å². The topological polar surface area (TPSA) is 0 Å². The Balaban J connectivity index is 3.00. The molecule has 27 heavy (non-hydrogen) atoms. The number of hydrogen-bond donors (Lipinski definition) is 0. The molecule has 0 radical (unpaired) electrons. The van der Waals surface area contributed by atoms with Gasteiger partial charge in [-0.1, -0.05) is 136 Å². The minimum Gasteiger partial charge on any atom is -0.103 e. The Morgan fingerprint density at radius 1 is 0.296 bits per heavy atom. The molecule has 0 heteroatoms. The molecule has 0 bridgehead atoms. The summed E-state index contributed by atoms with van der Waals surface area (Å²) in [5.74, 6) is 6.54. The molecule has 0 heterocycles. The molecular weight excluding hydrogens is 324 g/mol. The highest BCUT2D eigenvalue weighted by Crippen LogP contribution is 2.14. The average molecular weight is 377 g/mol. The van der Waals surface area contributed by atoms with Crippen molar-refractivity contribution in [3.05, 3.63) is 0 Å². The molecule has 0 rings (SSSR count). The van der Waals surface area contributed by atoms with E-state index in [2.05, 4.69) is 25.7 Å². The summed E-state index contributed by atoms with van der Waals surface area (Å²) in [6.45, 7) is 4.50. The van der Waals surface area contributed by atoms with E-state index in [9.17, 15) is 0 Å². The molecule has 0 nitrogen and oxygen atoms in total. The smallest absolute Gasteiger partial charge is 0.00886 e. The van der Waals surface area contributed by atoms with E-state index in [1.807, 2.05) is 0 Å². The first kappa shape index (κ1) is 26.6. The Labute approximate surface area is 173 Å². The van der Waals surface area contributed by atoms with Crippen LogP contribution in [-0.4, -0.2) is 0 Å². The van der Waals surface area contributed by atoms with E-state index in [0.717, 1.165) is 12.8 Å². The molecule has 0 aliphatic rings. The van der Waals surface area contributed by atoms with Crippen LogP contribution >= 0.6 is 0 Å². The number of rotatable bonds is 21. The zero-order valence-electron chi connectivity index (χ0n) is 19.3. The van der Waals surface area contributed by atoms with Gasteiger partial charge in [-0.2, -0.15) is 0 Å². The third kappa shape index (κ3) is 25.6. The maximum Gasteiger partial charge on any atom is 0.00886 e. The van der Waals surface area contributed by atoms with Crippen LogP contribution in [0.4, 0.5) is 0 Å². The van der Waals surface area contributed by atoms with Crippen molar-refractivity contribution in [3.8, 4) is 11.8 Å². The molecule has 0 aromatic rings. The fourth-order valence-corrected chi connectivity index (χ4v) is 3.77. The molecule has 0 aromatic heterocycles. The quantitative estimate of drug-likeness (QED) is 0.138. The zero-order valence-corrected chi connectivity index (χ0v) is 19.3. The minimum atomic E-state index is 1.08. The Hall–Kier alpha value is -0.440. The molecule has 0 N–H and O–H groups in total. The first-order valence-electron chi connectivity index (χ1n) is 12.9. The van der Waals surface area contributed by atoms with Gasteiger partial charge in [0.25, 0.3) is 0 Å². The van der Waals surface area contributed by atoms with Crippen molar-refractivity contribution in [1.29, 1.82) is 0 Å². The summed E-state index contributed by atoms with van der Waals surface area (Å²) in [5.41, 5.74) is 0. The molecular formula is C27H52. The molecule has 0 amide bonds. The molecule has 0 saturated carbocycles. The fraction of sp³-hybridized carbons (Fsp3) is 0.926. The van der Waals surface area contributed by atoms with Crippen LogP contribution in [0.5, 0.6) is 0 Å². The normalized spacial score (nSPS) is 10.7. The van der Waals surface area contributed by atoms with Gasteiger partial charge < -0.3 is 0 Å². The summed E-state index contributed by atoms with van der Waals surface area (Å²) in [7, 11) is 0. The zero-order chi connectivity index (χ0) is 19.7. The Bertz CT molecular complexity index is 306. The lowest BCUT2D eigenvalue weighted by Crippen LogP contribution is -1.84. The van der Waals surface area contributed by atoms with Gasteiger partial charge in [0.15, 0.2) is 0 Å². The summed E-state index contributed by atoms with van der Waals surface area (Å²) < 4.78 is 0. The van der Waals surface area contributed by atoms with E-state index in [0.29, 0.717) is 0 Å². The molecule has 0 fully saturated rings. The van der Waals surface area contributed by atoms with Gasteiger partial charge in [-0.05, 0) is 12.8 Å². The van der Waals surface area contributed by atoms with Gasteiger partial charge in [0, 0.05) is 12.8 Å². The van der Waals surface area contributed by atoms with Crippen molar-refractivity contribution in [2.24, 2.45) is 0 Å². The number of unbranched alkanes of at least 4 members (excludes halogenated alkanes) is 21. The summed E-state index contributed by atoms with van der Waals surface area (Å²) in [6, 6.07) is 0. The van der Waals surface area contributed by atoms with Gasteiger partial charge in [-0.3, -0.25) is 0 Å². The van der Waals surface area contributed by atoms with Crippen molar-refractivity contribution < 1.29 is 0 Å². The van der Waals surface area contributed by atoms with E-state index in [1.54, 1.807) is 0 Å². The Kier molecular flexibility index (Phi) is 25.1. The second-order valence-corrected chi connectivity index (χ2v) is 8.57. The van der Waals surface area contributed by atoms with Crippen molar-refractivity contribution >= 4 is 0 Å². The molecule has 160 valence electrons. The van der Waals surface area contributed by atoms with Gasteiger partial charge in [0.05, 0.1) is 0 Å². The molecule has 0 saturated heterocycles. The molecule has 0 aliphatic carbocycles. The van der Waals surface area contributed by atoms with Crippen molar-refractivity contribution in [2.45, 2.75) is 162 Å². The third-order valence-electron chi connectivity index (χ3n) is 5.66. The fourth-order valence-electron chi connectivity index (χ4n) is 3.77. The monoisotopic (exact) mass is 376 g/mol. The maximum absolute atomic E-state index is 3.30. The summed E-state index contributed by atoms with van der Waals surface area (Å²) >= 11 is 0. The molecule has 0 aromatic carbocycles. The predicted octanol–water partition coefficient (Wildman–Crippen LogP) is 10.0. The molecule has 0 aliphatic heterocycles. The first-order valence-corrected chi connectivity index (χ1v) is 12.9. The van der Waals surface area contributed by atoms with Gasteiger partial charge in [-0.15, -0.1) is 11.8 Å². The third-order valence-corrected chi connectivity index (χ3v) is 5.66. The predicted molar refractivity (Wildman–Crippen MR) is 125 cm³/mol. The van der Waals surface area contributed by atoms with E-state index in [-0.39, 0.29) is 0 Å². The minimum absolute atomic E-state index is 1.08. The lowest BCUT2D eigenvalue weighted by atomic mass is 10.0. The van der Waals surface area contributed by atoms with Crippen LogP contribution in [0.1, 0.15) is 162 Å². The van der Waals surface area contributed by atoms with Crippen LogP contribution in [0, 0.1) is 11.8 Å². The summed E-state index contributed by atoms with van der Waals surface area (Å²) in [4.78, 5) is 0. The molecule has 0 unspecified atom stereocenters. The number of hydrogen-bond acceptors (Lipinski definition) is 0. The summed E-state index contributed by atoms with van der Waals surface area (Å²) in [6.07, 6.45) is 32.5. The van der Waals surface area contributed by atoms with Crippen LogP contribution in [-0.2, 0) is 0 Å². The second kappa shape index (κ2) is 25.6. The Morgan fingerprint density at radius 3 is 0.926 bits per heavy atom. The van der Waals surface area contributed by atoms with E-state index in [1.165, 1.54) is 135 Å². The SMILES string of the molecule is CCCC#CCCCCCCCCCCCCCCCCCCCCCC. The van der Waals surface area contributed by atoms with Gasteiger partial charge in [-0.25, -0.2) is 0 Å². The molecule has 0 atom stereocenters. The molecule has 0 spiro atoms. The lowest BCUT2D eigenvalue weighted by Gasteiger charge is -2.04. The second-order valence-electron chi connectivity index (χ2n) is 8.57. The van der Waals surface area contributed by atoms with E-state index < -0.39 is 0 Å². The van der Waals surface area contributed by atoms with Gasteiger partial charge >= 0.3 is 0 Å². The van der Waals surface area contributed by atoms with Crippen LogP contribution in [0.15, 0.2) is 0 Å². The summed E-state index contributed by atoms with van der Waals surface area (Å²) in [5, 5.41) is 0. The van der Waals surface area contributed by atoms with Gasteiger partial charge in [0.2, 0.25) is 0 Å². The van der Waals surface area contributed by atoms with Crippen LogP contribution in [0.25, 0.3) is 0 Å².